The average molecular weight is 228 g/mol. The van der Waals surface area contributed by atoms with Crippen LogP contribution in [-0.4, -0.2) is 33.0 Å². The van der Waals surface area contributed by atoms with Crippen LogP contribution in [0.5, 0.6) is 0 Å². The third kappa shape index (κ3) is 3.83. The molecule has 5 heteroatoms. The molecule has 13 heavy (non-hydrogen) atoms. The standard InChI is InChI=1S/C8H17NO2S.ClH/c1-9-7-3-5-8(6-4-7)12(2,10)11;/h7-9H,3-6H2,1-2H3;1H/t7-,8-;. The zero-order valence-electron chi connectivity index (χ0n) is 8.12. The monoisotopic (exact) mass is 227 g/mol. The number of halogens is 1. The fourth-order valence-electron chi connectivity index (χ4n) is 1.78. The van der Waals surface area contributed by atoms with Gasteiger partial charge < -0.3 is 5.32 Å². The Hall–Kier alpha value is 0.200. The Morgan fingerprint density at radius 3 is 1.92 bits per heavy atom. The molecule has 1 saturated carbocycles. The van der Waals surface area contributed by atoms with Crippen LogP contribution in [0.4, 0.5) is 0 Å². The summed E-state index contributed by atoms with van der Waals surface area (Å²) >= 11 is 0. The van der Waals surface area contributed by atoms with E-state index in [4.69, 9.17) is 0 Å². The summed E-state index contributed by atoms with van der Waals surface area (Å²) in [5.41, 5.74) is 0. The number of hydrogen-bond acceptors (Lipinski definition) is 3. The summed E-state index contributed by atoms with van der Waals surface area (Å²) in [5, 5.41) is 3.10. The van der Waals surface area contributed by atoms with Gasteiger partial charge in [0.05, 0.1) is 5.25 Å². The molecule has 0 saturated heterocycles. The molecule has 0 amide bonds. The maximum Gasteiger partial charge on any atom is 0.150 e. The van der Waals surface area contributed by atoms with Crippen LogP contribution in [0.2, 0.25) is 0 Å². The van der Waals surface area contributed by atoms with Crippen molar-refractivity contribution >= 4 is 22.2 Å². The van der Waals surface area contributed by atoms with Crippen molar-refractivity contribution in [3.63, 3.8) is 0 Å². The number of sulfone groups is 1. The van der Waals surface area contributed by atoms with Crippen molar-refractivity contribution < 1.29 is 8.42 Å². The second-order valence-corrected chi connectivity index (χ2v) is 5.92. The molecule has 0 spiro atoms. The fraction of sp³-hybridized carbons (Fsp3) is 1.00. The first-order valence-corrected chi connectivity index (χ1v) is 6.35. The summed E-state index contributed by atoms with van der Waals surface area (Å²) in [6.45, 7) is 0. The van der Waals surface area contributed by atoms with Gasteiger partial charge in [0.25, 0.3) is 0 Å². The van der Waals surface area contributed by atoms with Crippen LogP contribution >= 0.6 is 12.4 Å². The van der Waals surface area contributed by atoms with E-state index in [9.17, 15) is 8.42 Å². The predicted octanol–water partition coefficient (Wildman–Crippen LogP) is 0.983. The van der Waals surface area contributed by atoms with Crippen molar-refractivity contribution in [2.75, 3.05) is 13.3 Å². The van der Waals surface area contributed by atoms with Crippen LogP contribution < -0.4 is 5.32 Å². The van der Waals surface area contributed by atoms with E-state index in [1.54, 1.807) is 0 Å². The fourth-order valence-corrected chi connectivity index (χ4v) is 2.91. The number of nitrogens with one attached hydrogen (secondary N) is 1. The minimum absolute atomic E-state index is 0. The highest BCUT2D eigenvalue weighted by molar-refractivity contribution is 7.91. The molecule has 80 valence electrons. The van der Waals surface area contributed by atoms with Gasteiger partial charge in [0, 0.05) is 12.3 Å². The van der Waals surface area contributed by atoms with E-state index in [2.05, 4.69) is 5.32 Å². The van der Waals surface area contributed by atoms with Gasteiger partial charge in [-0.05, 0) is 32.7 Å². The maximum atomic E-state index is 11.2. The minimum atomic E-state index is -2.79. The molecule has 1 fully saturated rings. The molecule has 0 aromatic rings. The summed E-state index contributed by atoms with van der Waals surface area (Å²) < 4.78 is 22.3. The lowest BCUT2D eigenvalue weighted by molar-refractivity contribution is 0.392. The van der Waals surface area contributed by atoms with Crippen LogP contribution in [0, 0.1) is 0 Å². The first-order chi connectivity index (χ1) is 5.54. The first-order valence-electron chi connectivity index (χ1n) is 4.40. The van der Waals surface area contributed by atoms with Crippen molar-refractivity contribution in [1.29, 1.82) is 0 Å². The lowest BCUT2D eigenvalue weighted by atomic mass is 9.95. The molecule has 0 radical (unpaired) electrons. The van der Waals surface area contributed by atoms with Crippen molar-refractivity contribution in [2.45, 2.75) is 37.0 Å². The quantitative estimate of drug-likeness (QED) is 0.765. The molecule has 0 aliphatic heterocycles. The highest BCUT2D eigenvalue weighted by atomic mass is 35.5. The van der Waals surface area contributed by atoms with Crippen LogP contribution in [-0.2, 0) is 9.84 Å². The van der Waals surface area contributed by atoms with Gasteiger partial charge in [-0.3, -0.25) is 0 Å². The summed E-state index contributed by atoms with van der Waals surface area (Å²) in [7, 11) is -0.849. The molecular weight excluding hydrogens is 210 g/mol. The molecule has 0 atom stereocenters. The zero-order valence-corrected chi connectivity index (χ0v) is 9.75. The van der Waals surface area contributed by atoms with E-state index in [0.29, 0.717) is 6.04 Å². The largest absolute Gasteiger partial charge is 0.317 e. The van der Waals surface area contributed by atoms with Gasteiger partial charge in [0.15, 0.2) is 0 Å². The molecule has 0 unspecified atom stereocenters. The van der Waals surface area contributed by atoms with E-state index in [1.165, 1.54) is 6.26 Å². The smallest absolute Gasteiger partial charge is 0.150 e. The second kappa shape index (κ2) is 5.17. The van der Waals surface area contributed by atoms with Crippen molar-refractivity contribution in [2.24, 2.45) is 0 Å². The lowest BCUT2D eigenvalue weighted by Crippen LogP contribution is -2.34. The highest BCUT2D eigenvalue weighted by Gasteiger charge is 2.26. The van der Waals surface area contributed by atoms with Crippen LogP contribution in [0.1, 0.15) is 25.7 Å². The summed E-state index contributed by atoms with van der Waals surface area (Å²) in [6, 6.07) is 0.531. The SMILES string of the molecule is CN[C@H]1CC[C@H](S(C)(=O)=O)CC1.Cl. The van der Waals surface area contributed by atoms with Crippen LogP contribution in [0.3, 0.4) is 0 Å². The van der Waals surface area contributed by atoms with E-state index in [0.717, 1.165) is 25.7 Å². The van der Waals surface area contributed by atoms with Gasteiger partial charge >= 0.3 is 0 Å². The summed E-state index contributed by atoms with van der Waals surface area (Å²) in [5.74, 6) is 0. The Bertz CT molecular complexity index is 233. The van der Waals surface area contributed by atoms with E-state index >= 15 is 0 Å². The Labute approximate surface area is 86.6 Å². The topological polar surface area (TPSA) is 46.2 Å². The second-order valence-electron chi connectivity index (χ2n) is 3.59. The van der Waals surface area contributed by atoms with Crippen molar-refractivity contribution in [1.82, 2.24) is 5.32 Å². The highest BCUT2D eigenvalue weighted by Crippen LogP contribution is 2.23. The molecule has 1 N–H and O–H groups in total. The third-order valence-corrected chi connectivity index (χ3v) is 4.37. The molecule has 0 bridgehead atoms. The Morgan fingerprint density at radius 2 is 1.62 bits per heavy atom. The predicted molar refractivity (Wildman–Crippen MR) is 57.2 cm³/mol. The third-order valence-electron chi connectivity index (χ3n) is 2.69. The summed E-state index contributed by atoms with van der Waals surface area (Å²) in [4.78, 5) is 0. The van der Waals surface area contributed by atoms with Gasteiger partial charge in [-0.1, -0.05) is 0 Å². The van der Waals surface area contributed by atoms with Crippen molar-refractivity contribution in [3.05, 3.63) is 0 Å². The number of rotatable bonds is 2. The molecule has 1 rings (SSSR count). The van der Waals surface area contributed by atoms with Gasteiger partial charge in [0.2, 0.25) is 0 Å². The molecule has 0 aromatic carbocycles. The molecular formula is C8H18ClNO2S. The van der Waals surface area contributed by atoms with E-state index in [1.807, 2.05) is 7.05 Å². The van der Waals surface area contributed by atoms with Crippen LogP contribution in [0.15, 0.2) is 0 Å². The van der Waals surface area contributed by atoms with Gasteiger partial charge in [-0.15, -0.1) is 12.4 Å². The average Bonchev–Trinajstić information content (AvgIpc) is 2.03. The minimum Gasteiger partial charge on any atom is -0.317 e. The Kier molecular flexibility index (Phi) is 5.25. The van der Waals surface area contributed by atoms with E-state index < -0.39 is 9.84 Å². The van der Waals surface area contributed by atoms with Crippen molar-refractivity contribution in [3.8, 4) is 0 Å². The molecule has 0 aromatic heterocycles. The zero-order chi connectivity index (χ0) is 9.19. The molecule has 1 aliphatic rings. The lowest BCUT2D eigenvalue weighted by Gasteiger charge is -2.26. The maximum absolute atomic E-state index is 11.2. The van der Waals surface area contributed by atoms with Gasteiger partial charge in [0.1, 0.15) is 9.84 Å². The van der Waals surface area contributed by atoms with E-state index in [-0.39, 0.29) is 17.7 Å². The Balaban J connectivity index is 0.00000144. The Morgan fingerprint density at radius 1 is 1.15 bits per heavy atom. The normalized spacial score (nSPS) is 29.4. The van der Waals surface area contributed by atoms with Gasteiger partial charge in [-0.2, -0.15) is 0 Å². The first kappa shape index (κ1) is 13.2. The summed E-state index contributed by atoms with van der Waals surface area (Å²) in [6.07, 6.45) is 4.98. The van der Waals surface area contributed by atoms with Crippen LogP contribution in [0.25, 0.3) is 0 Å². The molecule has 0 heterocycles. The molecule has 1 aliphatic carbocycles. The van der Waals surface area contributed by atoms with Gasteiger partial charge in [-0.25, -0.2) is 8.42 Å². The molecule has 3 nitrogen and oxygen atoms in total. The number of hydrogen-bond donors (Lipinski definition) is 1.